The first-order valence-electron chi connectivity index (χ1n) is 9.05. The number of nitrogens with one attached hydrogen (secondary N) is 1. The molecule has 1 aliphatic rings. The van der Waals surface area contributed by atoms with Crippen LogP contribution in [0.1, 0.15) is 0 Å². The van der Waals surface area contributed by atoms with Crippen molar-refractivity contribution in [2.24, 2.45) is 5.41 Å². The Labute approximate surface area is 173 Å². The van der Waals surface area contributed by atoms with Crippen LogP contribution in [0.15, 0.2) is 47.5 Å². The molecule has 0 spiro atoms. The molecule has 5 rings (SSSR count). The highest BCUT2D eigenvalue weighted by molar-refractivity contribution is 6.32. The van der Waals surface area contributed by atoms with Crippen LogP contribution in [0, 0.1) is 5.41 Å². The van der Waals surface area contributed by atoms with Gasteiger partial charge >= 0.3 is 0 Å². The third-order valence-corrected chi connectivity index (χ3v) is 5.26. The van der Waals surface area contributed by atoms with Gasteiger partial charge in [0.15, 0.2) is 5.58 Å². The number of benzene rings is 1. The van der Waals surface area contributed by atoms with Crippen LogP contribution < -0.4 is 5.32 Å². The van der Waals surface area contributed by atoms with Gasteiger partial charge in [0, 0.05) is 28.9 Å². The summed E-state index contributed by atoms with van der Waals surface area (Å²) in [6.45, 7) is 0.0745. The van der Waals surface area contributed by atoms with Gasteiger partial charge in [0.2, 0.25) is 12.4 Å². The fourth-order valence-corrected chi connectivity index (χ4v) is 3.44. The number of hydrogen-bond acceptors (Lipinski definition) is 7. The number of rotatable bonds is 6. The summed E-state index contributed by atoms with van der Waals surface area (Å²) >= 11 is 6.28. The van der Waals surface area contributed by atoms with Gasteiger partial charge < -0.3 is 14.6 Å². The number of alkyl halides is 2. The molecule has 1 N–H and O–H groups in total. The van der Waals surface area contributed by atoms with E-state index in [1.165, 1.54) is 17.1 Å². The zero-order valence-corrected chi connectivity index (χ0v) is 16.2. The van der Waals surface area contributed by atoms with Crippen LogP contribution in [0.3, 0.4) is 0 Å². The Balaban J connectivity index is 1.39. The number of halogens is 3. The van der Waals surface area contributed by atoms with Gasteiger partial charge in [-0.05, 0) is 12.1 Å². The Bertz CT molecular complexity index is 1210. The third-order valence-electron chi connectivity index (χ3n) is 4.98. The monoisotopic (exact) mass is 432 g/mol. The van der Waals surface area contributed by atoms with E-state index in [0.717, 1.165) is 5.39 Å². The van der Waals surface area contributed by atoms with Gasteiger partial charge in [0.25, 0.3) is 0 Å². The third kappa shape index (κ3) is 3.37. The minimum Gasteiger partial charge on any atom is -0.380 e. The molecule has 0 bridgehead atoms. The highest BCUT2D eigenvalue weighted by Gasteiger charge is 2.47. The molecule has 0 unspecified atom stereocenters. The molecule has 1 fully saturated rings. The minimum absolute atomic E-state index is 0.0116. The lowest BCUT2D eigenvalue weighted by atomic mass is 9.86. The van der Waals surface area contributed by atoms with Crippen molar-refractivity contribution in [3.63, 3.8) is 0 Å². The van der Waals surface area contributed by atoms with Crippen LogP contribution >= 0.6 is 11.6 Å². The Hall–Kier alpha value is -3.11. The average Bonchev–Trinajstić information content (AvgIpc) is 3.34. The zero-order chi connectivity index (χ0) is 20.7. The Morgan fingerprint density at radius 1 is 1.23 bits per heavy atom. The van der Waals surface area contributed by atoms with E-state index in [-0.39, 0.29) is 19.8 Å². The lowest BCUT2D eigenvalue weighted by molar-refractivity contribution is -0.193. The van der Waals surface area contributed by atoms with Crippen LogP contribution in [0.25, 0.3) is 22.2 Å². The molecule has 3 aromatic heterocycles. The van der Waals surface area contributed by atoms with Crippen molar-refractivity contribution in [2.45, 2.75) is 13.0 Å². The van der Waals surface area contributed by atoms with Crippen molar-refractivity contribution in [2.75, 3.05) is 18.5 Å². The van der Waals surface area contributed by atoms with E-state index in [9.17, 15) is 8.78 Å². The molecule has 1 aliphatic heterocycles. The summed E-state index contributed by atoms with van der Waals surface area (Å²) in [5.41, 5.74) is 1.18. The van der Waals surface area contributed by atoms with E-state index in [1.807, 2.05) is 12.1 Å². The van der Waals surface area contributed by atoms with Crippen molar-refractivity contribution >= 4 is 34.2 Å². The highest BCUT2D eigenvalue weighted by Crippen LogP contribution is 2.36. The summed E-state index contributed by atoms with van der Waals surface area (Å²) in [6, 6.07) is 5.49. The molecule has 4 heterocycles. The molecule has 1 saturated heterocycles. The van der Waals surface area contributed by atoms with Crippen molar-refractivity contribution in [3.8, 4) is 11.3 Å². The number of anilines is 2. The van der Waals surface area contributed by atoms with Crippen LogP contribution in [0.2, 0.25) is 5.02 Å². The molecule has 0 radical (unpaired) electrons. The lowest BCUT2D eigenvalue weighted by Crippen LogP contribution is -2.51. The second-order valence-electron chi connectivity index (χ2n) is 7.18. The van der Waals surface area contributed by atoms with Crippen LogP contribution in [-0.4, -0.2) is 44.5 Å². The minimum atomic E-state index is -2.49. The highest BCUT2D eigenvalue weighted by atomic mass is 35.5. The number of ether oxygens (including phenoxy) is 1. The van der Waals surface area contributed by atoms with Gasteiger partial charge in [-0.1, -0.05) is 16.8 Å². The first-order valence-corrected chi connectivity index (χ1v) is 9.43. The molecular formula is C19H15ClF2N6O2. The predicted octanol–water partition coefficient (Wildman–Crippen LogP) is 4.16. The number of hydrogen-bond donors (Lipinski definition) is 1. The smallest absolute Gasteiger partial charge is 0.250 e. The van der Waals surface area contributed by atoms with Gasteiger partial charge in [-0.15, -0.1) is 0 Å². The van der Waals surface area contributed by atoms with Gasteiger partial charge in [-0.25, -0.2) is 18.7 Å². The SMILES string of the molecule is FC(F)C1(Cn2cc(-c3nc(Nc4ccc5cnoc5c4)ncc3Cl)cn2)COC1. The van der Waals surface area contributed by atoms with Crippen LogP contribution in [-0.2, 0) is 11.3 Å². The van der Waals surface area contributed by atoms with Crippen LogP contribution in [0.5, 0.6) is 0 Å². The van der Waals surface area contributed by atoms with Crippen molar-refractivity contribution in [3.05, 3.63) is 48.0 Å². The van der Waals surface area contributed by atoms with Gasteiger partial charge in [-0.2, -0.15) is 5.10 Å². The predicted molar refractivity (Wildman–Crippen MR) is 105 cm³/mol. The first-order chi connectivity index (χ1) is 14.5. The Morgan fingerprint density at radius 3 is 2.87 bits per heavy atom. The van der Waals surface area contributed by atoms with E-state index in [1.54, 1.807) is 18.5 Å². The maximum Gasteiger partial charge on any atom is 0.250 e. The van der Waals surface area contributed by atoms with Gasteiger partial charge in [0.1, 0.15) is 0 Å². The number of aromatic nitrogens is 5. The van der Waals surface area contributed by atoms with Gasteiger partial charge in [0.05, 0.1) is 54.5 Å². The van der Waals surface area contributed by atoms with Crippen LogP contribution in [0.4, 0.5) is 20.4 Å². The summed E-state index contributed by atoms with van der Waals surface area (Å²) in [5, 5.41) is 12.2. The molecule has 0 saturated carbocycles. The summed E-state index contributed by atoms with van der Waals surface area (Å²) in [6.07, 6.45) is 3.79. The largest absolute Gasteiger partial charge is 0.380 e. The normalized spacial score (nSPS) is 15.5. The van der Waals surface area contributed by atoms with E-state index in [4.69, 9.17) is 20.9 Å². The van der Waals surface area contributed by atoms with E-state index in [0.29, 0.717) is 33.5 Å². The molecule has 154 valence electrons. The number of nitrogens with zero attached hydrogens (tertiary/aromatic N) is 5. The Morgan fingerprint density at radius 2 is 2.10 bits per heavy atom. The fraction of sp³-hybridized carbons (Fsp3) is 0.263. The van der Waals surface area contributed by atoms with Gasteiger partial charge in [-0.3, -0.25) is 4.68 Å². The fourth-order valence-electron chi connectivity index (χ4n) is 3.24. The molecule has 30 heavy (non-hydrogen) atoms. The number of fused-ring (bicyclic) bond motifs is 1. The van der Waals surface area contributed by atoms with E-state index >= 15 is 0 Å². The molecule has 4 aromatic rings. The molecular weight excluding hydrogens is 418 g/mol. The Kier molecular flexibility index (Phi) is 4.59. The zero-order valence-electron chi connectivity index (χ0n) is 15.4. The van der Waals surface area contributed by atoms with E-state index < -0.39 is 11.8 Å². The maximum absolute atomic E-state index is 13.4. The average molecular weight is 433 g/mol. The van der Waals surface area contributed by atoms with Crippen molar-refractivity contribution in [1.82, 2.24) is 24.9 Å². The molecule has 0 atom stereocenters. The standard InChI is InChI=1S/C19H15ClF2N6O2/c20-14-6-23-18(26-13-2-1-11-5-25-30-15(11)3-13)27-16(14)12-4-24-28(7-12)8-19(17(21)22)9-29-10-19/h1-7,17H,8-10H2,(H,23,26,27). The molecule has 8 nitrogen and oxygen atoms in total. The first kappa shape index (κ1) is 18.9. The molecule has 0 amide bonds. The summed E-state index contributed by atoms with van der Waals surface area (Å²) in [7, 11) is 0. The summed E-state index contributed by atoms with van der Waals surface area (Å²) in [4.78, 5) is 8.65. The van der Waals surface area contributed by atoms with Crippen molar-refractivity contribution in [1.29, 1.82) is 0 Å². The lowest BCUT2D eigenvalue weighted by Gasteiger charge is -2.40. The molecule has 0 aliphatic carbocycles. The van der Waals surface area contributed by atoms with E-state index in [2.05, 4.69) is 25.5 Å². The quantitative estimate of drug-likeness (QED) is 0.489. The maximum atomic E-state index is 13.4. The second kappa shape index (κ2) is 7.29. The second-order valence-corrected chi connectivity index (χ2v) is 7.58. The topological polar surface area (TPSA) is 90.9 Å². The van der Waals surface area contributed by atoms with Crippen molar-refractivity contribution < 1.29 is 18.0 Å². The molecule has 1 aromatic carbocycles. The molecule has 11 heteroatoms. The summed E-state index contributed by atoms with van der Waals surface area (Å²) < 4.78 is 38.4. The summed E-state index contributed by atoms with van der Waals surface area (Å²) in [5.74, 6) is 0.317.